The van der Waals surface area contributed by atoms with Crippen LogP contribution in [0.4, 0.5) is 5.69 Å². The Kier molecular flexibility index (Phi) is 3.04. The van der Waals surface area contributed by atoms with E-state index in [-0.39, 0.29) is 11.9 Å². The second-order valence-electron chi connectivity index (χ2n) is 4.11. The Hall–Kier alpha value is -1.97. The van der Waals surface area contributed by atoms with Crippen molar-refractivity contribution >= 4 is 22.5 Å². The van der Waals surface area contributed by atoms with Crippen molar-refractivity contribution in [1.82, 2.24) is 9.88 Å². The smallest absolute Gasteiger partial charge is 0.242 e. The fraction of sp³-hybridized carbons (Fsp3) is 0.308. The van der Waals surface area contributed by atoms with E-state index in [0.29, 0.717) is 12.2 Å². The number of rotatable bonds is 3. The van der Waals surface area contributed by atoms with Gasteiger partial charge in [0.25, 0.3) is 0 Å². The average molecular weight is 231 g/mol. The summed E-state index contributed by atoms with van der Waals surface area (Å²) < 4.78 is 1.94. The molecule has 90 valence electrons. The summed E-state index contributed by atoms with van der Waals surface area (Å²) in [6, 6.07) is 7.49. The number of amides is 1. The highest BCUT2D eigenvalue weighted by Gasteiger charge is 2.15. The molecule has 0 saturated heterocycles. The maximum atomic E-state index is 11.8. The summed E-state index contributed by atoms with van der Waals surface area (Å²) >= 11 is 0. The lowest BCUT2D eigenvalue weighted by Crippen LogP contribution is -2.30. The SMILES string of the molecule is CCNC(=O)C(C)n1ccc2ccc(N)cc21. The highest BCUT2D eigenvalue weighted by molar-refractivity contribution is 5.87. The molecule has 4 heteroatoms. The van der Waals surface area contributed by atoms with E-state index in [4.69, 9.17) is 5.73 Å². The van der Waals surface area contributed by atoms with Crippen molar-refractivity contribution in [3.63, 3.8) is 0 Å². The van der Waals surface area contributed by atoms with Crippen LogP contribution in [0.5, 0.6) is 0 Å². The molecule has 0 aliphatic rings. The first kappa shape index (κ1) is 11.5. The minimum Gasteiger partial charge on any atom is -0.399 e. The van der Waals surface area contributed by atoms with Gasteiger partial charge in [0.2, 0.25) is 5.91 Å². The van der Waals surface area contributed by atoms with Gasteiger partial charge in [-0.1, -0.05) is 6.07 Å². The molecular weight excluding hydrogens is 214 g/mol. The predicted octanol–water partition coefficient (Wildman–Crippen LogP) is 1.92. The highest BCUT2D eigenvalue weighted by Crippen LogP contribution is 2.22. The Morgan fingerprint density at radius 1 is 1.47 bits per heavy atom. The second-order valence-corrected chi connectivity index (χ2v) is 4.11. The van der Waals surface area contributed by atoms with E-state index < -0.39 is 0 Å². The number of benzene rings is 1. The third-order valence-corrected chi connectivity index (χ3v) is 2.90. The number of fused-ring (bicyclic) bond motifs is 1. The van der Waals surface area contributed by atoms with Crippen molar-refractivity contribution in [2.45, 2.75) is 19.9 Å². The largest absolute Gasteiger partial charge is 0.399 e. The van der Waals surface area contributed by atoms with Gasteiger partial charge in [0.15, 0.2) is 0 Å². The molecule has 1 amide bonds. The fourth-order valence-corrected chi connectivity index (χ4v) is 1.95. The molecule has 17 heavy (non-hydrogen) atoms. The van der Waals surface area contributed by atoms with Crippen molar-refractivity contribution in [2.24, 2.45) is 0 Å². The number of hydrogen-bond donors (Lipinski definition) is 2. The van der Waals surface area contributed by atoms with Crippen LogP contribution in [0, 0.1) is 0 Å². The summed E-state index contributed by atoms with van der Waals surface area (Å²) in [5, 5.41) is 3.91. The van der Waals surface area contributed by atoms with E-state index in [1.54, 1.807) is 0 Å². The molecule has 1 aromatic carbocycles. The van der Waals surface area contributed by atoms with Crippen molar-refractivity contribution in [3.05, 3.63) is 30.5 Å². The topological polar surface area (TPSA) is 60.0 Å². The van der Waals surface area contributed by atoms with Crippen molar-refractivity contribution in [3.8, 4) is 0 Å². The molecule has 0 aliphatic heterocycles. The van der Waals surface area contributed by atoms with Crippen LogP contribution in [0.1, 0.15) is 19.9 Å². The maximum absolute atomic E-state index is 11.8. The Labute approximate surface area is 100 Å². The minimum atomic E-state index is -0.228. The molecule has 1 aromatic heterocycles. The molecule has 1 atom stereocenters. The molecule has 1 unspecified atom stereocenters. The third-order valence-electron chi connectivity index (χ3n) is 2.90. The molecule has 0 radical (unpaired) electrons. The zero-order chi connectivity index (χ0) is 12.4. The molecule has 0 bridgehead atoms. The van der Waals surface area contributed by atoms with Crippen LogP contribution >= 0.6 is 0 Å². The summed E-state index contributed by atoms with van der Waals surface area (Å²) in [6.07, 6.45) is 1.92. The third kappa shape index (κ3) is 2.11. The van der Waals surface area contributed by atoms with Gasteiger partial charge in [0.05, 0.1) is 5.52 Å². The van der Waals surface area contributed by atoms with Crippen LogP contribution in [-0.4, -0.2) is 17.0 Å². The summed E-state index contributed by atoms with van der Waals surface area (Å²) in [4.78, 5) is 11.8. The van der Waals surface area contributed by atoms with Crippen LogP contribution in [0.3, 0.4) is 0 Å². The Bertz CT molecular complexity index is 545. The number of aromatic nitrogens is 1. The van der Waals surface area contributed by atoms with Crippen LogP contribution in [0.25, 0.3) is 10.9 Å². The highest BCUT2D eigenvalue weighted by atomic mass is 16.2. The maximum Gasteiger partial charge on any atom is 0.242 e. The zero-order valence-electron chi connectivity index (χ0n) is 10.1. The molecule has 3 N–H and O–H groups in total. The van der Waals surface area contributed by atoms with Gasteiger partial charge in [-0.25, -0.2) is 0 Å². The Morgan fingerprint density at radius 2 is 2.24 bits per heavy atom. The first-order valence-corrected chi connectivity index (χ1v) is 5.77. The molecule has 0 fully saturated rings. The lowest BCUT2D eigenvalue weighted by atomic mass is 10.2. The molecule has 2 rings (SSSR count). The van der Waals surface area contributed by atoms with E-state index in [1.165, 1.54) is 0 Å². The van der Waals surface area contributed by atoms with Gasteiger partial charge in [-0.05, 0) is 37.4 Å². The number of carbonyl (C=O) groups excluding carboxylic acids is 1. The Balaban J connectivity index is 2.41. The average Bonchev–Trinajstić information content (AvgIpc) is 2.71. The number of nitrogens with zero attached hydrogens (tertiary/aromatic N) is 1. The van der Waals surface area contributed by atoms with Crippen LogP contribution in [-0.2, 0) is 4.79 Å². The number of nitrogens with two attached hydrogens (primary N) is 1. The number of hydrogen-bond acceptors (Lipinski definition) is 2. The van der Waals surface area contributed by atoms with Crippen LogP contribution in [0.15, 0.2) is 30.5 Å². The molecule has 0 saturated carbocycles. The van der Waals surface area contributed by atoms with Gasteiger partial charge in [-0.2, -0.15) is 0 Å². The first-order valence-electron chi connectivity index (χ1n) is 5.77. The van der Waals surface area contributed by atoms with Crippen molar-refractivity contribution in [2.75, 3.05) is 12.3 Å². The van der Waals surface area contributed by atoms with Gasteiger partial charge >= 0.3 is 0 Å². The normalized spacial score (nSPS) is 12.6. The lowest BCUT2D eigenvalue weighted by molar-refractivity contribution is -0.123. The summed E-state index contributed by atoms with van der Waals surface area (Å²) in [5.74, 6) is 0.0208. The predicted molar refractivity (Wildman–Crippen MR) is 69.7 cm³/mol. The monoisotopic (exact) mass is 231 g/mol. The molecule has 0 aliphatic carbocycles. The number of nitrogen functional groups attached to an aromatic ring is 1. The van der Waals surface area contributed by atoms with E-state index in [9.17, 15) is 4.79 Å². The number of carbonyl (C=O) groups is 1. The molecule has 0 spiro atoms. The van der Waals surface area contributed by atoms with Gasteiger partial charge in [0, 0.05) is 18.4 Å². The molecule has 4 nitrogen and oxygen atoms in total. The summed E-state index contributed by atoms with van der Waals surface area (Å²) in [5.41, 5.74) is 7.47. The molecule has 1 heterocycles. The van der Waals surface area contributed by atoms with E-state index in [2.05, 4.69) is 5.32 Å². The summed E-state index contributed by atoms with van der Waals surface area (Å²) in [7, 11) is 0. The second kappa shape index (κ2) is 4.49. The minimum absolute atomic E-state index is 0.0208. The fourth-order valence-electron chi connectivity index (χ4n) is 1.95. The van der Waals surface area contributed by atoms with E-state index in [1.807, 2.05) is 48.9 Å². The van der Waals surface area contributed by atoms with E-state index >= 15 is 0 Å². The van der Waals surface area contributed by atoms with Crippen molar-refractivity contribution < 1.29 is 4.79 Å². The van der Waals surface area contributed by atoms with Crippen molar-refractivity contribution in [1.29, 1.82) is 0 Å². The lowest BCUT2D eigenvalue weighted by Gasteiger charge is -2.14. The van der Waals surface area contributed by atoms with Gasteiger partial charge < -0.3 is 15.6 Å². The molecule has 2 aromatic rings. The zero-order valence-corrected chi connectivity index (χ0v) is 10.1. The van der Waals surface area contributed by atoms with Gasteiger partial charge in [-0.15, -0.1) is 0 Å². The number of anilines is 1. The summed E-state index contributed by atoms with van der Waals surface area (Å²) in [6.45, 7) is 4.44. The van der Waals surface area contributed by atoms with Crippen LogP contribution in [0.2, 0.25) is 0 Å². The standard InChI is InChI=1S/C13H17N3O/c1-3-15-13(17)9(2)16-7-6-10-4-5-11(14)8-12(10)16/h4-9H,3,14H2,1-2H3,(H,15,17). The first-order chi connectivity index (χ1) is 8.13. The van der Waals surface area contributed by atoms with Gasteiger partial charge in [0.1, 0.15) is 6.04 Å². The number of likely N-dealkylation sites (N-methyl/N-ethyl adjacent to an activating group) is 1. The van der Waals surface area contributed by atoms with E-state index in [0.717, 1.165) is 10.9 Å². The Morgan fingerprint density at radius 3 is 2.94 bits per heavy atom. The van der Waals surface area contributed by atoms with Crippen LogP contribution < -0.4 is 11.1 Å². The number of nitrogens with one attached hydrogen (secondary N) is 1. The quantitative estimate of drug-likeness (QED) is 0.793. The molecular formula is C13H17N3O. The van der Waals surface area contributed by atoms with Gasteiger partial charge in [-0.3, -0.25) is 4.79 Å².